The van der Waals surface area contributed by atoms with Gasteiger partial charge in [0.1, 0.15) is 11.6 Å². The minimum Gasteiger partial charge on any atom is -0.497 e. The van der Waals surface area contributed by atoms with Crippen molar-refractivity contribution in [2.75, 3.05) is 12.8 Å². The van der Waals surface area contributed by atoms with Crippen LogP contribution < -0.4 is 10.5 Å². The SMILES string of the molecule is COc1cccc(-c2cc(N)n(S(=O)(=O)c3ccc(C)cc3)n2)c1. The van der Waals surface area contributed by atoms with Gasteiger partial charge in [0.05, 0.1) is 17.7 Å². The Morgan fingerprint density at radius 1 is 1.08 bits per heavy atom. The lowest BCUT2D eigenvalue weighted by atomic mass is 10.1. The number of ether oxygens (including phenoxy) is 1. The predicted molar refractivity (Wildman–Crippen MR) is 92.4 cm³/mol. The lowest BCUT2D eigenvalue weighted by molar-refractivity contribution is 0.415. The number of hydrogen-bond donors (Lipinski definition) is 1. The molecule has 0 aliphatic carbocycles. The van der Waals surface area contributed by atoms with Crippen LogP contribution in [-0.4, -0.2) is 24.7 Å². The summed E-state index contributed by atoms with van der Waals surface area (Å²) in [7, 11) is -2.28. The fourth-order valence-corrected chi connectivity index (χ4v) is 3.51. The van der Waals surface area contributed by atoms with Gasteiger partial charge in [-0.15, -0.1) is 4.09 Å². The second-order valence-corrected chi connectivity index (χ2v) is 7.11. The van der Waals surface area contributed by atoms with Crippen LogP contribution in [0.3, 0.4) is 0 Å². The van der Waals surface area contributed by atoms with E-state index in [0.29, 0.717) is 11.4 Å². The average molecular weight is 343 g/mol. The molecule has 0 aliphatic rings. The normalized spacial score (nSPS) is 11.4. The van der Waals surface area contributed by atoms with Gasteiger partial charge in [0.15, 0.2) is 0 Å². The molecule has 1 heterocycles. The Morgan fingerprint density at radius 2 is 1.79 bits per heavy atom. The molecule has 0 radical (unpaired) electrons. The van der Waals surface area contributed by atoms with Gasteiger partial charge in [-0.3, -0.25) is 0 Å². The van der Waals surface area contributed by atoms with Crippen LogP contribution in [-0.2, 0) is 10.0 Å². The molecule has 0 amide bonds. The third-order valence-corrected chi connectivity index (χ3v) is 5.23. The Labute approximate surface area is 140 Å². The van der Waals surface area contributed by atoms with Crippen LogP contribution in [0.4, 0.5) is 5.82 Å². The van der Waals surface area contributed by atoms with Crippen LogP contribution in [0.1, 0.15) is 5.56 Å². The van der Waals surface area contributed by atoms with E-state index >= 15 is 0 Å². The summed E-state index contributed by atoms with van der Waals surface area (Å²) >= 11 is 0. The van der Waals surface area contributed by atoms with Crippen molar-refractivity contribution in [3.8, 4) is 17.0 Å². The van der Waals surface area contributed by atoms with Crippen LogP contribution in [0.2, 0.25) is 0 Å². The molecular weight excluding hydrogens is 326 g/mol. The third-order valence-electron chi connectivity index (χ3n) is 3.62. The zero-order valence-corrected chi connectivity index (χ0v) is 14.1. The summed E-state index contributed by atoms with van der Waals surface area (Å²) in [5.41, 5.74) is 8.05. The monoisotopic (exact) mass is 343 g/mol. The zero-order chi connectivity index (χ0) is 17.3. The van der Waals surface area contributed by atoms with Gasteiger partial charge >= 0.3 is 0 Å². The molecule has 0 atom stereocenters. The van der Waals surface area contributed by atoms with Gasteiger partial charge in [0, 0.05) is 11.6 Å². The topological polar surface area (TPSA) is 87.2 Å². The first-order chi connectivity index (χ1) is 11.4. The minimum atomic E-state index is -3.84. The molecule has 2 N–H and O–H groups in total. The molecule has 0 bridgehead atoms. The summed E-state index contributed by atoms with van der Waals surface area (Å²) in [6.07, 6.45) is 0. The number of hydrogen-bond acceptors (Lipinski definition) is 5. The molecule has 0 saturated carbocycles. The van der Waals surface area contributed by atoms with Gasteiger partial charge in [0.25, 0.3) is 10.0 Å². The van der Waals surface area contributed by atoms with E-state index in [1.54, 1.807) is 37.4 Å². The van der Waals surface area contributed by atoms with E-state index in [1.807, 2.05) is 13.0 Å². The molecular formula is C17H17N3O3S. The number of rotatable bonds is 4. The highest BCUT2D eigenvalue weighted by Crippen LogP contribution is 2.26. The fourth-order valence-electron chi connectivity index (χ4n) is 2.31. The standard InChI is InChI=1S/C17H17N3O3S/c1-12-6-8-15(9-7-12)24(21,22)20-17(18)11-16(19-20)13-4-3-5-14(10-13)23-2/h3-11H,18H2,1-2H3. The number of nitrogens with zero attached hydrogens (tertiary/aromatic N) is 2. The number of nitrogen functional groups attached to an aromatic ring is 1. The van der Waals surface area contributed by atoms with E-state index in [0.717, 1.165) is 15.2 Å². The van der Waals surface area contributed by atoms with E-state index in [4.69, 9.17) is 10.5 Å². The van der Waals surface area contributed by atoms with Gasteiger partial charge in [-0.2, -0.15) is 13.5 Å². The number of aromatic nitrogens is 2. The molecule has 3 rings (SSSR count). The van der Waals surface area contributed by atoms with Gasteiger partial charge in [-0.25, -0.2) is 0 Å². The molecule has 0 saturated heterocycles. The van der Waals surface area contributed by atoms with E-state index in [2.05, 4.69) is 5.10 Å². The quantitative estimate of drug-likeness (QED) is 0.787. The van der Waals surface area contributed by atoms with E-state index < -0.39 is 10.0 Å². The highest BCUT2D eigenvalue weighted by atomic mass is 32.2. The first-order valence-electron chi connectivity index (χ1n) is 7.24. The maximum absolute atomic E-state index is 12.7. The van der Waals surface area contributed by atoms with Gasteiger partial charge in [0.2, 0.25) is 0 Å². The van der Waals surface area contributed by atoms with Crippen LogP contribution in [0.25, 0.3) is 11.3 Å². The van der Waals surface area contributed by atoms with Crippen molar-refractivity contribution < 1.29 is 13.2 Å². The maximum Gasteiger partial charge on any atom is 0.284 e. The van der Waals surface area contributed by atoms with Crippen LogP contribution in [0, 0.1) is 6.92 Å². The van der Waals surface area contributed by atoms with Crippen molar-refractivity contribution in [3.05, 3.63) is 60.2 Å². The number of benzene rings is 2. The molecule has 3 aromatic rings. The highest BCUT2D eigenvalue weighted by Gasteiger charge is 2.22. The minimum absolute atomic E-state index is 0.0494. The van der Waals surface area contributed by atoms with Crippen molar-refractivity contribution in [1.82, 2.24) is 9.19 Å². The van der Waals surface area contributed by atoms with E-state index in [1.165, 1.54) is 18.2 Å². The number of methoxy groups -OCH3 is 1. The number of aryl methyl sites for hydroxylation is 1. The predicted octanol–water partition coefficient (Wildman–Crippen LogP) is 2.69. The number of anilines is 1. The smallest absolute Gasteiger partial charge is 0.284 e. The maximum atomic E-state index is 12.7. The average Bonchev–Trinajstić information content (AvgIpc) is 2.98. The third kappa shape index (κ3) is 2.85. The van der Waals surface area contributed by atoms with Crippen molar-refractivity contribution in [1.29, 1.82) is 0 Å². The highest BCUT2D eigenvalue weighted by molar-refractivity contribution is 7.90. The van der Waals surface area contributed by atoms with Crippen molar-refractivity contribution in [2.24, 2.45) is 0 Å². The molecule has 0 unspecified atom stereocenters. The Kier molecular flexibility index (Phi) is 4.02. The zero-order valence-electron chi connectivity index (χ0n) is 13.3. The first kappa shape index (κ1) is 16.1. The van der Waals surface area contributed by atoms with Crippen LogP contribution in [0.5, 0.6) is 5.75 Å². The van der Waals surface area contributed by atoms with Crippen LogP contribution >= 0.6 is 0 Å². The summed E-state index contributed by atoms with van der Waals surface area (Å²) in [5, 5.41) is 4.17. The Balaban J connectivity index is 2.07. The molecule has 0 spiro atoms. The first-order valence-corrected chi connectivity index (χ1v) is 8.68. The molecule has 24 heavy (non-hydrogen) atoms. The van der Waals surface area contributed by atoms with Crippen LogP contribution in [0.15, 0.2) is 59.5 Å². The second-order valence-electron chi connectivity index (χ2n) is 5.35. The Bertz CT molecular complexity index is 977. The molecule has 6 nitrogen and oxygen atoms in total. The lowest BCUT2D eigenvalue weighted by Crippen LogP contribution is -2.16. The van der Waals surface area contributed by atoms with Crippen molar-refractivity contribution in [2.45, 2.75) is 11.8 Å². The molecule has 0 fully saturated rings. The van der Waals surface area contributed by atoms with Gasteiger partial charge in [-0.05, 0) is 31.2 Å². The van der Waals surface area contributed by atoms with Crippen molar-refractivity contribution in [3.63, 3.8) is 0 Å². The van der Waals surface area contributed by atoms with Gasteiger partial charge < -0.3 is 10.5 Å². The molecule has 124 valence electrons. The molecule has 7 heteroatoms. The Morgan fingerprint density at radius 3 is 2.46 bits per heavy atom. The molecule has 0 aliphatic heterocycles. The largest absolute Gasteiger partial charge is 0.497 e. The second kappa shape index (κ2) is 6.01. The molecule has 1 aromatic heterocycles. The summed E-state index contributed by atoms with van der Waals surface area (Å²) < 4.78 is 31.5. The lowest BCUT2D eigenvalue weighted by Gasteiger charge is -2.06. The summed E-state index contributed by atoms with van der Waals surface area (Å²) in [6.45, 7) is 1.89. The molecule has 2 aromatic carbocycles. The van der Waals surface area contributed by atoms with E-state index in [9.17, 15) is 8.42 Å². The van der Waals surface area contributed by atoms with Gasteiger partial charge in [-0.1, -0.05) is 29.8 Å². The number of nitrogens with two attached hydrogens (primary N) is 1. The summed E-state index contributed by atoms with van der Waals surface area (Å²) in [4.78, 5) is 0.139. The fraction of sp³-hybridized carbons (Fsp3) is 0.118. The summed E-state index contributed by atoms with van der Waals surface area (Å²) in [6, 6.07) is 15.3. The van der Waals surface area contributed by atoms with Crippen molar-refractivity contribution >= 4 is 15.8 Å². The van der Waals surface area contributed by atoms with E-state index in [-0.39, 0.29) is 10.7 Å². The summed E-state index contributed by atoms with van der Waals surface area (Å²) in [5.74, 6) is 0.704. The Hall–Kier alpha value is -2.80.